The zero-order valence-corrected chi connectivity index (χ0v) is 12.9. The van der Waals surface area contributed by atoms with E-state index in [4.69, 9.17) is 16.3 Å². The maximum atomic E-state index is 6.11. The number of benzene rings is 1. The lowest BCUT2D eigenvalue weighted by molar-refractivity contribution is 0.176. The first-order chi connectivity index (χ1) is 9.00. The Morgan fingerprint density at radius 1 is 1.37 bits per heavy atom. The first-order valence-electron chi connectivity index (χ1n) is 7.15. The number of aryl methyl sites for hydroxylation is 1. The molecule has 2 nitrogen and oxygen atoms in total. The number of hydrogen-bond acceptors (Lipinski definition) is 2. The van der Waals surface area contributed by atoms with Crippen molar-refractivity contribution in [3.8, 4) is 5.75 Å². The molecule has 0 radical (unpaired) electrons. The Bertz CT molecular complexity index is 427. The molecule has 2 rings (SSSR count). The second kappa shape index (κ2) is 6.15. The summed E-state index contributed by atoms with van der Waals surface area (Å²) >= 11 is 6.11. The van der Waals surface area contributed by atoms with Gasteiger partial charge in [-0.05, 0) is 43.0 Å². The zero-order chi connectivity index (χ0) is 13.9. The van der Waals surface area contributed by atoms with E-state index in [-0.39, 0.29) is 5.41 Å². The molecule has 0 unspecified atom stereocenters. The average molecular weight is 282 g/mol. The average Bonchev–Trinajstić information content (AvgIpc) is 3.20. The van der Waals surface area contributed by atoms with Crippen LogP contribution in [0.1, 0.15) is 39.2 Å². The molecule has 0 saturated heterocycles. The monoisotopic (exact) mass is 281 g/mol. The third-order valence-electron chi connectivity index (χ3n) is 3.47. The van der Waals surface area contributed by atoms with E-state index >= 15 is 0 Å². The van der Waals surface area contributed by atoms with Crippen molar-refractivity contribution in [2.45, 2.75) is 46.1 Å². The molecule has 1 aliphatic carbocycles. The molecule has 106 valence electrons. The molecule has 1 fully saturated rings. The Kier molecular flexibility index (Phi) is 4.75. The summed E-state index contributed by atoms with van der Waals surface area (Å²) in [4.78, 5) is 0. The molecule has 19 heavy (non-hydrogen) atoms. The van der Waals surface area contributed by atoms with Gasteiger partial charge in [-0.15, -0.1) is 0 Å². The van der Waals surface area contributed by atoms with Crippen LogP contribution in [0.4, 0.5) is 0 Å². The Hall–Kier alpha value is -0.730. The third-order valence-corrected chi connectivity index (χ3v) is 3.84. The van der Waals surface area contributed by atoms with Gasteiger partial charge >= 0.3 is 0 Å². The summed E-state index contributed by atoms with van der Waals surface area (Å²) in [7, 11) is 0. The van der Waals surface area contributed by atoms with E-state index in [1.54, 1.807) is 0 Å². The van der Waals surface area contributed by atoms with Gasteiger partial charge in [0.1, 0.15) is 5.75 Å². The molecular formula is C16H24ClNO. The number of hydrogen-bond donors (Lipinski definition) is 1. The van der Waals surface area contributed by atoms with Gasteiger partial charge in [0.2, 0.25) is 0 Å². The summed E-state index contributed by atoms with van der Waals surface area (Å²) < 4.78 is 5.92. The second-order valence-corrected chi connectivity index (χ2v) is 6.62. The van der Waals surface area contributed by atoms with Crippen LogP contribution in [0.2, 0.25) is 5.02 Å². The second-order valence-electron chi connectivity index (χ2n) is 6.21. The highest BCUT2D eigenvalue weighted by atomic mass is 35.5. The van der Waals surface area contributed by atoms with Gasteiger partial charge in [0.15, 0.2) is 0 Å². The van der Waals surface area contributed by atoms with Crippen molar-refractivity contribution < 1.29 is 4.74 Å². The van der Waals surface area contributed by atoms with E-state index in [0.29, 0.717) is 0 Å². The summed E-state index contributed by atoms with van der Waals surface area (Å²) in [6.07, 6.45) is 3.59. The maximum Gasteiger partial charge on any atom is 0.119 e. The quantitative estimate of drug-likeness (QED) is 0.814. The smallest absolute Gasteiger partial charge is 0.119 e. The number of rotatable bonds is 7. The maximum absolute atomic E-state index is 6.11. The van der Waals surface area contributed by atoms with Gasteiger partial charge in [0.25, 0.3) is 0 Å². The first kappa shape index (κ1) is 14.7. The molecule has 3 heteroatoms. The van der Waals surface area contributed by atoms with Crippen molar-refractivity contribution in [3.05, 3.63) is 28.8 Å². The molecule has 1 aliphatic rings. The minimum atomic E-state index is 0.147. The van der Waals surface area contributed by atoms with E-state index in [9.17, 15) is 0 Å². The van der Waals surface area contributed by atoms with Gasteiger partial charge in [0, 0.05) is 23.0 Å². The van der Waals surface area contributed by atoms with Gasteiger partial charge in [-0.25, -0.2) is 0 Å². The summed E-state index contributed by atoms with van der Waals surface area (Å²) in [5.41, 5.74) is 1.29. The molecule has 0 bridgehead atoms. The first-order valence-corrected chi connectivity index (χ1v) is 7.52. The minimum Gasteiger partial charge on any atom is -0.493 e. The standard InChI is InChI=1S/C16H24ClNO/c1-4-12-9-14(7-8-15(12)17)19-11-16(2,3)10-18-13-5-6-13/h7-9,13,18H,4-6,10-11H2,1-3H3. The van der Waals surface area contributed by atoms with Crippen LogP contribution in [0.3, 0.4) is 0 Å². The zero-order valence-electron chi connectivity index (χ0n) is 12.1. The lowest BCUT2D eigenvalue weighted by Gasteiger charge is -2.25. The summed E-state index contributed by atoms with van der Waals surface area (Å²) in [6, 6.07) is 6.67. The molecule has 0 amide bonds. The molecule has 1 N–H and O–H groups in total. The van der Waals surface area contributed by atoms with Gasteiger partial charge < -0.3 is 10.1 Å². The molecule has 0 atom stereocenters. The van der Waals surface area contributed by atoms with E-state index < -0.39 is 0 Å². The highest BCUT2D eigenvalue weighted by molar-refractivity contribution is 6.31. The molecule has 1 aromatic carbocycles. The van der Waals surface area contributed by atoms with Crippen LogP contribution in [-0.2, 0) is 6.42 Å². The lowest BCUT2D eigenvalue weighted by Crippen LogP contribution is -2.35. The predicted molar refractivity (Wildman–Crippen MR) is 81.1 cm³/mol. The number of ether oxygens (including phenoxy) is 1. The fraction of sp³-hybridized carbons (Fsp3) is 0.625. The van der Waals surface area contributed by atoms with Gasteiger partial charge in [-0.2, -0.15) is 0 Å². The normalized spacial score (nSPS) is 15.6. The van der Waals surface area contributed by atoms with E-state index in [0.717, 1.165) is 41.9 Å². The molecule has 1 saturated carbocycles. The molecular weight excluding hydrogens is 258 g/mol. The van der Waals surface area contributed by atoms with E-state index in [1.165, 1.54) is 12.8 Å². The van der Waals surface area contributed by atoms with Gasteiger partial charge in [0.05, 0.1) is 6.61 Å². The lowest BCUT2D eigenvalue weighted by atomic mass is 9.95. The van der Waals surface area contributed by atoms with Crippen molar-refractivity contribution in [3.63, 3.8) is 0 Å². The van der Waals surface area contributed by atoms with Gasteiger partial charge in [-0.1, -0.05) is 32.4 Å². The van der Waals surface area contributed by atoms with Crippen LogP contribution in [0, 0.1) is 5.41 Å². The Labute approximate surface area is 121 Å². The largest absolute Gasteiger partial charge is 0.493 e. The Morgan fingerprint density at radius 2 is 2.11 bits per heavy atom. The molecule has 0 aliphatic heterocycles. The fourth-order valence-electron chi connectivity index (χ4n) is 1.95. The van der Waals surface area contributed by atoms with Crippen molar-refractivity contribution in [1.82, 2.24) is 5.32 Å². The van der Waals surface area contributed by atoms with Crippen LogP contribution < -0.4 is 10.1 Å². The van der Waals surface area contributed by atoms with Crippen molar-refractivity contribution >= 4 is 11.6 Å². The molecule has 0 aromatic heterocycles. The van der Waals surface area contributed by atoms with Crippen LogP contribution >= 0.6 is 11.6 Å². The van der Waals surface area contributed by atoms with Crippen molar-refractivity contribution in [2.75, 3.05) is 13.2 Å². The highest BCUT2D eigenvalue weighted by Crippen LogP contribution is 2.25. The SMILES string of the molecule is CCc1cc(OCC(C)(C)CNC2CC2)ccc1Cl. The summed E-state index contributed by atoms with van der Waals surface area (Å²) in [5, 5.41) is 4.39. The van der Waals surface area contributed by atoms with Crippen molar-refractivity contribution in [2.24, 2.45) is 5.41 Å². The van der Waals surface area contributed by atoms with Crippen LogP contribution in [0.15, 0.2) is 18.2 Å². The van der Waals surface area contributed by atoms with E-state index in [1.807, 2.05) is 18.2 Å². The van der Waals surface area contributed by atoms with Crippen molar-refractivity contribution in [1.29, 1.82) is 0 Å². The minimum absolute atomic E-state index is 0.147. The molecule has 0 spiro atoms. The van der Waals surface area contributed by atoms with Gasteiger partial charge in [-0.3, -0.25) is 0 Å². The number of halogens is 1. The molecule has 0 heterocycles. The summed E-state index contributed by atoms with van der Waals surface area (Å²) in [5.74, 6) is 0.917. The summed E-state index contributed by atoms with van der Waals surface area (Å²) in [6.45, 7) is 8.30. The predicted octanol–water partition coefficient (Wildman–Crippen LogP) is 4.06. The molecule has 1 aromatic rings. The Morgan fingerprint density at radius 3 is 2.74 bits per heavy atom. The van der Waals surface area contributed by atoms with Crippen LogP contribution in [0.5, 0.6) is 5.75 Å². The van der Waals surface area contributed by atoms with E-state index in [2.05, 4.69) is 26.1 Å². The van der Waals surface area contributed by atoms with Crippen LogP contribution in [0.25, 0.3) is 0 Å². The third kappa shape index (κ3) is 4.70. The Balaban J connectivity index is 1.85. The van der Waals surface area contributed by atoms with Crippen LogP contribution in [-0.4, -0.2) is 19.2 Å². The highest BCUT2D eigenvalue weighted by Gasteiger charge is 2.25. The fourth-order valence-corrected chi connectivity index (χ4v) is 2.20. The topological polar surface area (TPSA) is 21.3 Å². The number of nitrogens with one attached hydrogen (secondary N) is 1.